The minimum Gasteiger partial charge on any atom is -0.489 e. The number of carbonyl (C=O) groups excluding carboxylic acids is 1. The number of ketones is 1. The van der Waals surface area contributed by atoms with Crippen LogP contribution >= 0.6 is 11.7 Å². The highest BCUT2D eigenvalue weighted by Gasteiger charge is 2.27. The van der Waals surface area contributed by atoms with Crippen LogP contribution in [0.15, 0.2) is 78.4 Å². The zero-order valence-corrected chi connectivity index (χ0v) is 21.2. The van der Waals surface area contributed by atoms with Crippen LogP contribution in [-0.2, 0) is 11.4 Å². The van der Waals surface area contributed by atoms with Crippen LogP contribution in [-0.4, -0.2) is 25.6 Å². The Morgan fingerprint density at radius 3 is 2.30 bits per heavy atom. The molecular weight excluding hydrogens is 484 g/mol. The van der Waals surface area contributed by atoms with Crippen molar-refractivity contribution in [2.24, 2.45) is 5.92 Å². The third-order valence-corrected chi connectivity index (χ3v) is 7.47. The van der Waals surface area contributed by atoms with E-state index < -0.39 is 5.97 Å². The Kier molecular flexibility index (Phi) is 7.70. The summed E-state index contributed by atoms with van der Waals surface area (Å²) in [4.78, 5) is 26.5. The van der Waals surface area contributed by atoms with E-state index in [4.69, 9.17) is 4.74 Å². The van der Waals surface area contributed by atoms with Gasteiger partial charge in [-0.05, 0) is 59.9 Å². The molecule has 0 unspecified atom stereocenters. The average Bonchev–Trinajstić information content (AvgIpc) is 3.41. The molecule has 1 N–H and O–H groups in total. The van der Waals surface area contributed by atoms with Gasteiger partial charge in [-0.15, -0.1) is 0 Å². The second-order valence-corrected chi connectivity index (χ2v) is 9.99. The zero-order valence-electron chi connectivity index (χ0n) is 20.4. The summed E-state index contributed by atoms with van der Waals surface area (Å²) in [6.45, 7) is 0.429. The molecular formula is C30H28N2O4S. The summed E-state index contributed by atoms with van der Waals surface area (Å²) in [5.74, 6) is -0.419. The van der Waals surface area contributed by atoms with Crippen molar-refractivity contribution in [3.63, 3.8) is 0 Å². The van der Waals surface area contributed by atoms with E-state index in [1.165, 1.54) is 6.42 Å². The third kappa shape index (κ3) is 5.94. The van der Waals surface area contributed by atoms with Crippen LogP contribution in [0.4, 0.5) is 0 Å². The van der Waals surface area contributed by atoms with E-state index in [0.29, 0.717) is 52.4 Å². The number of hydrogen-bond donors (Lipinski definition) is 1. The lowest BCUT2D eigenvalue weighted by molar-refractivity contribution is -0.130. The van der Waals surface area contributed by atoms with Gasteiger partial charge in [-0.2, -0.15) is 8.75 Å². The molecule has 1 heterocycles. The number of fused-ring (bicyclic) bond motifs is 1. The molecule has 1 saturated carbocycles. The number of allylic oxidation sites excluding steroid dienone is 1. The Bertz CT molecular complexity index is 1420. The summed E-state index contributed by atoms with van der Waals surface area (Å²) in [5, 5.41) is 10.3. The molecule has 0 bridgehead atoms. The molecule has 1 aliphatic carbocycles. The van der Waals surface area contributed by atoms with Crippen molar-refractivity contribution in [1.29, 1.82) is 0 Å². The minimum absolute atomic E-state index is 0.0508. The van der Waals surface area contributed by atoms with Crippen molar-refractivity contribution in [2.45, 2.75) is 45.1 Å². The Morgan fingerprint density at radius 2 is 1.57 bits per heavy atom. The Balaban J connectivity index is 1.47. The first kappa shape index (κ1) is 24.8. The van der Waals surface area contributed by atoms with Gasteiger partial charge in [-0.1, -0.05) is 68.5 Å². The van der Waals surface area contributed by atoms with Gasteiger partial charge < -0.3 is 9.84 Å². The number of rotatable bonds is 9. The maximum atomic E-state index is 13.9. The second kappa shape index (κ2) is 11.5. The lowest BCUT2D eigenvalue weighted by atomic mass is 9.81. The number of hydrogen-bond acceptors (Lipinski definition) is 6. The number of carbonyl (C=O) groups is 2. The first-order chi connectivity index (χ1) is 18.1. The monoisotopic (exact) mass is 512 g/mol. The molecule has 0 radical (unpaired) electrons. The SMILES string of the molecule is O=C(O)C(=C(CC1CCCCC1)C(=O)c1ccc(OCc2ccccc2)cc1)c1ccc2nsnc2c1. The molecule has 7 heteroatoms. The standard InChI is InChI=1S/C30H28N2O4S/c33-29(22-11-14-24(15-12-22)36-19-21-9-5-2-6-10-21)25(17-20-7-3-1-4-8-20)28(30(34)35)23-13-16-26-27(18-23)32-37-31-26/h2,5-6,9-16,18,20H,1,3-4,7-8,17,19H2,(H,34,35). The van der Waals surface area contributed by atoms with Crippen molar-refractivity contribution >= 4 is 40.1 Å². The fourth-order valence-electron chi connectivity index (χ4n) is 4.97. The molecule has 188 valence electrons. The van der Waals surface area contributed by atoms with E-state index in [9.17, 15) is 14.7 Å². The van der Waals surface area contributed by atoms with E-state index in [1.54, 1.807) is 42.5 Å². The Labute approximate surface area is 220 Å². The fraction of sp³-hybridized carbons (Fsp3) is 0.267. The highest BCUT2D eigenvalue weighted by molar-refractivity contribution is 7.00. The van der Waals surface area contributed by atoms with Gasteiger partial charge >= 0.3 is 5.97 Å². The molecule has 0 saturated heterocycles. The van der Waals surface area contributed by atoms with Gasteiger partial charge in [-0.25, -0.2) is 4.79 Å². The van der Waals surface area contributed by atoms with E-state index in [-0.39, 0.29) is 11.4 Å². The summed E-state index contributed by atoms with van der Waals surface area (Å²) in [6.07, 6.45) is 5.86. The number of carboxylic acids is 1. The van der Waals surface area contributed by atoms with Crippen LogP contribution in [0.2, 0.25) is 0 Å². The normalized spacial score (nSPS) is 14.8. The fourth-order valence-corrected chi connectivity index (χ4v) is 5.49. The number of benzene rings is 3. The first-order valence-corrected chi connectivity index (χ1v) is 13.3. The quantitative estimate of drug-likeness (QED) is 0.193. The minimum atomic E-state index is -1.11. The van der Waals surface area contributed by atoms with Crippen molar-refractivity contribution in [2.75, 3.05) is 0 Å². The van der Waals surface area contributed by atoms with Gasteiger partial charge in [0.1, 0.15) is 23.4 Å². The molecule has 3 aromatic carbocycles. The highest BCUT2D eigenvalue weighted by Crippen LogP contribution is 2.34. The molecule has 0 amide bonds. The average molecular weight is 513 g/mol. The number of aromatic nitrogens is 2. The molecule has 0 aliphatic heterocycles. The topological polar surface area (TPSA) is 89.4 Å². The summed E-state index contributed by atoms with van der Waals surface area (Å²) in [6, 6.07) is 22.0. The van der Waals surface area contributed by atoms with E-state index in [1.807, 2.05) is 30.3 Å². The highest BCUT2D eigenvalue weighted by atomic mass is 32.1. The third-order valence-electron chi connectivity index (χ3n) is 6.91. The van der Waals surface area contributed by atoms with Gasteiger partial charge in [0, 0.05) is 11.1 Å². The number of carboxylic acid groups (broad SMARTS) is 1. The van der Waals surface area contributed by atoms with Crippen molar-refractivity contribution in [1.82, 2.24) is 8.75 Å². The molecule has 1 fully saturated rings. The van der Waals surface area contributed by atoms with E-state index >= 15 is 0 Å². The van der Waals surface area contributed by atoms with E-state index in [0.717, 1.165) is 43.0 Å². The first-order valence-electron chi connectivity index (χ1n) is 12.6. The number of Topliss-reactive ketones (excluding diaryl/α,β-unsaturated/α-hetero) is 1. The van der Waals surface area contributed by atoms with Crippen molar-refractivity contribution < 1.29 is 19.4 Å². The molecule has 4 aromatic rings. The maximum Gasteiger partial charge on any atom is 0.336 e. The molecule has 0 spiro atoms. The van der Waals surface area contributed by atoms with Crippen LogP contribution in [0.1, 0.15) is 60.0 Å². The maximum absolute atomic E-state index is 13.9. The van der Waals surface area contributed by atoms with Crippen LogP contribution in [0.3, 0.4) is 0 Å². The Morgan fingerprint density at radius 1 is 0.865 bits per heavy atom. The number of ether oxygens (including phenoxy) is 1. The molecule has 1 aromatic heterocycles. The summed E-state index contributed by atoms with van der Waals surface area (Å²) in [7, 11) is 0. The number of aliphatic carboxylic acids is 1. The molecule has 6 nitrogen and oxygen atoms in total. The smallest absolute Gasteiger partial charge is 0.336 e. The van der Waals surface area contributed by atoms with Crippen molar-refractivity contribution in [3.8, 4) is 5.75 Å². The number of nitrogens with zero attached hydrogens (tertiary/aromatic N) is 2. The molecule has 0 atom stereocenters. The van der Waals surface area contributed by atoms with Crippen LogP contribution in [0.5, 0.6) is 5.75 Å². The van der Waals surface area contributed by atoms with Gasteiger partial charge in [0.05, 0.1) is 17.3 Å². The van der Waals surface area contributed by atoms with E-state index in [2.05, 4.69) is 8.75 Å². The summed E-state index contributed by atoms with van der Waals surface area (Å²) >= 11 is 1.08. The van der Waals surface area contributed by atoms with Crippen LogP contribution in [0.25, 0.3) is 16.6 Å². The zero-order chi connectivity index (χ0) is 25.6. The summed E-state index contributed by atoms with van der Waals surface area (Å²) in [5.41, 5.74) is 3.73. The van der Waals surface area contributed by atoms with Gasteiger partial charge in [-0.3, -0.25) is 4.79 Å². The molecule has 5 rings (SSSR count). The van der Waals surface area contributed by atoms with Crippen molar-refractivity contribution in [3.05, 3.63) is 95.1 Å². The summed E-state index contributed by atoms with van der Waals surface area (Å²) < 4.78 is 14.3. The largest absolute Gasteiger partial charge is 0.489 e. The lowest BCUT2D eigenvalue weighted by Gasteiger charge is -2.23. The molecule has 1 aliphatic rings. The lowest BCUT2D eigenvalue weighted by Crippen LogP contribution is -2.16. The van der Waals surface area contributed by atoms with Gasteiger partial charge in [0.25, 0.3) is 0 Å². The van der Waals surface area contributed by atoms with Gasteiger partial charge in [0.2, 0.25) is 0 Å². The van der Waals surface area contributed by atoms with Gasteiger partial charge in [0.15, 0.2) is 5.78 Å². The Hall–Kier alpha value is -3.84. The predicted molar refractivity (Wildman–Crippen MR) is 145 cm³/mol. The second-order valence-electron chi connectivity index (χ2n) is 9.46. The predicted octanol–water partition coefficient (Wildman–Crippen LogP) is 6.96. The van der Waals surface area contributed by atoms with Crippen LogP contribution < -0.4 is 4.74 Å². The van der Waals surface area contributed by atoms with Crippen LogP contribution in [0, 0.1) is 5.92 Å². The molecule has 37 heavy (non-hydrogen) atoms.